The number of benzene rings is 3. The predicted octanol–water partition coefficient (Wildman–Crippen LogP) is 5.46. The molecule has 0 fully saturated rings. The molecule has 0 aliphatic carbocycles. The van der Waals surface area contributed by atoms with Crippen LogP contribution in [-0.4, -0.2) is 36.6 Å². The second kappa shape index (κ2) is 8.65. The third-order valence-electron chi connectivity index (χ3n) is 6.22. The molecule has 40 heavy (non-hydrogen) atoms. The molecule has 1 aliphatic heterocycles. The van der Waals surface area contributed by atoms with Gasteiger partial charge < -0.3 is 10.6 Å². The molecule has 6 rings (SSSR count). The average molecular weight is 557 g/mol. The Balaban J connectivity index is 1.42. The highest BCUT2D eigenvalue weighted by molar-refractivity contribution is 6.25. The maximum Gasteiger partial charge on any atom is 0.434 e. The van der Waals surface area contributed by atoms with Crippen LogP contribution in [0.1, 0.15) is 32.0 Å². The summed E-state index contributed by atoms with van der Waals surface area (Å²) in [6, 6.07) is 9.90. The Morgan fingerprint density at radius 1 is 0.875 bits per heavy atom. The molecule has 0 saturated carbocycles. The van der Waals surface area contributed by atoms with Crippen LogP contribution in [0.3, 0.4) is 0 Å². The first-order valence-corrected chi connectivity index (χ1v) is 11.4. The highest BCUT2D eigenvalue weighted by Gasteiger charge is 2.41. The number of hydrogen-bond acceptors (Lipinski definition) is 5. The van der Waals surface area contributed by atoms with Crippen molar-refractivity contribution in [3.8, 4) is 11.4 Å². The molecule has 2 amide bonds. The Morgan fingerprint density at radius 2 is 1.60 bits per heavy atom. The highest BCUT2D eigenvalue weighted by atomic mass is 19.4. The zero-order valence-electron chi connectivity index (χ0n) is 19.7. The summed E-state index contributed by atoms with van der Waals surface area (Å²) in [5, 5.41) is 16.5. The lowest BCUT2D eigenvalue weighted by Crippen LogP contribution is -2.21. The first kappa shape index (κ1) is 25.1. The van der Waals surface area contributed by atoms with Crippen molar-refractivity contribution in [3.05, 3.63) is 89.5 Å². The zero-order chi connectivity index (χ0) is 28.4. The molecular formula is C25H13F6N7O2. The number of hydrogen-bond donors (Lipinski definition) is 2. The van der Waals surface area contributed by atoms with E-state index in [0.717, 1.165) is 16.9 Å². The van der Waals surface area contributed by atoms with E-state index in [1.165, 1.54) is 42.7 Å². The molecule has 5 aromatic rings. The standard InChI is InChI=1S/C25H13F6N7O2/c26-24(27,28)16-10-12(4-6-19(16)38-32-8-9-33-38)35-23(40)15-11-34-37(21(15)25(29,30)31)18-7-5-17-20-13(18)2-1-3-14(20)22(39)36-17/h1-11H,(H,35,40)(H,36,39). The van der Waals surface area contributed by atoms with E-state index in [1.54, 1.807) is 0 Å². The summed E-state index contributed by atoms with van der Waals surface area (Å²) in [5.41, 5.74) is -3.83. The van der Waals surface area contributed by atoms with E-state index >= 15 is 0 Å². The van der Waals surface area contributed by atoms with Crippen molar-refractivity contribution in [1.29, 1.82) is 0 Å². The fourth-order valence-electron chi connectivity index (χ4n) is 4.58. The van der Waals surface area contributed by atoms with Crippen LogP contribution in [0, 0.1) is 0 Å². The molecule has 0 saturated heterocycles. The van der Waals surface area contributed by atoms with Crippen molar-refractivity contribution in [2.75, 3.05) is 10.6 Å². The van der Waals surface area contributed by atoms with Crippen LogP contribution in [0.25, 0.3) is 22.1 Å². The van der Waals surface area contributed by atoms with Gasteiger partial charge in [0, 0.05) is 27.7 Å². The number of alkyl halides is 6. The van der Waals surface area contributed by atoms with E-state index in [9.17, 15) is 35.9 Å². The van der Waals surface area contributed by atoms with E-state index in [2.05, 4.69) is 25.9 Å². The van der Waals surface area contributed by atoms with Crippen molar-refractivity contribution < 1.29 is 35.9 Å². The largest absolute Gasteiger partial charge is 0.434 e. The minimum Gasteiger partial charge on any atom is -0.322 e. The van der Waals surface area contributed by atoms with Crippen molar-refractivity contribution >= 4 is 34.0 Å². The van der Waals surface area contributed by atoms with Gasteiger partial charge in [0.2, 0.25) is 0 Å². The molecule has 15 heteroatoms. The number of nitrogens with zero attached hydrogens (tertiary/aromatic N) is 5. The Bertz CT molecular complexity index is 1820. The monoisotopic (exact) mass is 557 g/mol. The lowest BCUT2D eigenvalue weighted by Gasteiger charge is -2.16. The summed E-state index contributed by atoms with van der Waals surface area (Å²) >= 11 is 0. The van der Waals surface area contributed by atoms with Gasteiger partial charge in [-0.1, -0.05) is 12.1 Å². The van der Waals surface area contributed by atoms with Crippen LogP contribution in [0.15, 0.2) is 67.1 Å². The fraction of sp³-hybridized carbons (Fsp3) is 0.0800. The van der Waals surface area contributed by atoms with Gasteiger partial charge in [-0.2, -0.15) is 46.4 Å². The third kappa shape index (κ3) is 4.02. The summed E-state index contributed by atoms with van der Waals surface area (Å²) in [4.78, 5) is 25.9. The van der Waals surface area contributed by atoms with Crippen LogP contribution in [0.4, 0.5) is 37.7 Å². The predicted molar refractivity (Wildman–Crippen MR) is 128 cm³/mol. The number of halogens is 6. The van der Waals surface area contributed by atoms with Crippen molar-refractivity contribution in [1.82, 2.24) is 24.8 Å². The molecule has 0 spiro atoms. The summed E-state index contributed by atoms with van der Waals surface area (Å²) in [6.45, 7) is 0. The van der Waals surface area contributed by atoms with Crippen LogP contribution in [0.2, 0.25) is 0 Å². The van der Waals surface area contributed by atoms with Crippen LogP contribution < -0.4 is 10.6 Å². The van der Waals surface area contributed by atoms with Crippen molar-refractivity contribution in [3.63, 3.8) is 0 Å². The van der Waals surface area contributed by atoms with E-state index in [4.69, 9.17) is 0 Å². The molecule has 3 aromatic carbocycles. The van der Waals surface area contributed by atoms with Gasteiger partial charge in [-0.25, -0.2) is 4.68 Å². The maximum atomic E-state index is 14.3. The minimum absolute atomic E-state index is 0.0566. The molecule has 0 atom stereocenters. The number of carbonyl (C=O) groups is 2. The maximum absolute atomic E-state index is 14.3. The normalized spacial score (nSPS) is 13.1. The van der Waals surface area contributed by atoms with E-state index in [0.29, 0.717) is 28.0 Å². The first-order chi connectivity index (χ1) is 18.9. The molecular weight excluding hydrogens is 544 g/mol. The van der Waals surface area contributed by atoms with E-state index in [1.807, 2.05) is 0 Å². The van der Waals surface area contributed by atoms with Crippen LogP contribution >= 0.6 is 0 Å². The average Bonchev–Trinajstić information content (AvgIpc) is 3.64. The number of aromatic nitrogens is 5. The van der Waals surface area contributed by atoms with E-state index in [-0.39, 0.29) is 16.6 Å². The Morgan fingerprint density at radius 3 is 2.30 bits per heavy atom. The lowest BCUT2D eigenvalue weighted by molar-refractivity contribution is -0.143. The molecule has 0 unspecified atom stereocenters. The summed E-state index contributed by atoms with van der Waals surface area (Å²) < 4.78 is 84.7. The van der Waals surface area contributed by atoms with Gasteiger partial charge in [0.05, 0.1) is 41.1 Å². The van der Waals surface area contributed by atoms with Crippen LogP contribution in [0.5, 0.6) is 0 Å². The van der Waals surface area contributed by atoms with Gasteiger partial charge in [0.25, 0.3) is 11.8 Å². The topological polar surface area (TPSA) is 107 Å². The number of carbonyl (C=O) groups excluding carboxylic acids is 2. The van der Waals surface area contributed by atoms with Crippen molar-refractivity contribution in [2.24, 2.45) is 0 Å². The third-order valence-corrected chi connectivity index (χ3v) is 6.22. The van der Waals surface area contributed by atoms with Crippen molar-refractivity contribution in [2.45, 2.75) is 12.4 Å². The summed E-state index contributed by atoms with van der Waals surface area (Å²) in [7, 11) is 0. The molecule has 9 nitrogen and oxygen atoms in total. The quantitative estimate of drug-likeness (QED) is 0.286. The fourth-order valence-corrected chi connectivity index (χ4v) is 4.58. The van der Waals surface area contributed by atoms with Gasteiger partial charge >= 0.3 is 12.4 Å². The molecule has 0 radical (unpaired) electrons. The summed E-state index contributed by atoms with van der Waals surface area (Å²) in [5.74, 6) is -1.75. The molecule has 2 N–H and O–H groups in total. The second-order valence-electron chi connectivity index (χ2n) is 8.63. The second-order valence-corrected chi connectivity index (χ2v) is 8.63. The van der Waals surface area contributed by atoms with E-state index < -0.39 is 52.4 Å². The van der Waals surface area contributed by atoms with Gasteiger partial charge in [-0.05, 0) is 36.4 Å². The van der Waals surface area contributed by atoms with Crippen LogP contribution in [-0.2, 0) is 12.4 Å². The smallest absolute Gasteiger partial charge is 0.322 e. The van der Waals surface area contributed by atoms with Gasteiger partial charge in [0.15, 0.2) is 5.69 Å². The van der Waals surface area contributed by atoms with Gasteiger partial charge in [-0.15, -0.1) is 0 Å². The molecule has 1 aliphatic rings. The molecule has 3 heterocycles. The number of nitrogens with one attached hydrogen (secondary N) is 2. The first-order valence-electron chi connectivity index (χ1n) is 11.4. The summed E-state index contributed by atoms with van der Waals surface area (Å²) in [6.07, 6.45) is -6.97. The molecule has 2 aromatic heterocycles. The number of anilines is 2. The molecule has 0 bridgehead atoms. The minimum atomic E-state index is -5.09. The highest BCUT2D eigenvalue weighted by Crippen LogP contribution is 2.40. The number of rotatable bonds is 4. The SMILES string of the molecule is O=C(Nc1ccc(-n2nccn2)c(C(F)(F)F)c1)c1cnn(-c2ccc3c4c(cccc24)C(=O)N3)c1C(F)(F)F. The Labute approximate surface area is 219 Å². The molecule has 202 valence electrons. The number of amides is 2. The lowest BCUT2D eigenvalue weighted by atomic mass is 10.0. The zero-order valence-corrected chi connectivity index (χ0v) is 19.7. The van der Waals surface area contributed by atoms with Gasteiger partial charge in [-0.3, -0.25) is 9.59 Å². The Hall–Kier alpha value is -5.21. The van der Waals surface area contributed by atoms with Gasteiger partial charge in [0.1, 0.15) is 0 Å². The Kier molecular flexibility index (Phi) is 5.43.